The lowest BCUT2D eigenvalue weighted by atomic mass is 9.93. The van der Waals surface area contributed by atoms with E-state index in [1.807, 2.05) is 12.3 Å². The monoisotopic (exact) mass is 286 g/mol. The molecule has 2 aromatic rings. The molecule has 0 spiro atoms. The van der Waals surface area contributed by atoms with E-state index in [0.717, 1.165) is 48.8 Å². The standard InChI is InChI=1S/C16H22N4O/c1-21-13-10-14-15(3-7-18-16(14)19-11-13)20-8-4-12(2-6-17)5-9-20/h3,7,10-12H,2,4-6,8-9,17H2,1H3. The first-order chi connectivity index (χ1) is 10.3. The van der Waals surface area contributed by atoms with Gasteiger partial charge in [-0.15, -0.1) is 0 Å². The first-order valence-electron chi connectivity index (χ1n) is 7.55. The SMILES string of the molecule is COc1cnc2nccc(N3CCC(CCN)CC3)c2c1. The van der Waals surface area contributed by atoms with Gasteiger partial charge >= 0.3 is 0 Å². The van der Waals surface area contributed by atoms with Gasteiger partial charge in [0, 0.05) is 30.4 Å². The zero-order valence-electron chi connectivity index (χ0n) is 12.5. The van der Waals surface area contributed by atoms with E-state index in [0.29, 0.717) is 0 Å². The van der Waals surface area contributed by atoms with Crippen LogP contribution in [0.25, 0.3) is 11.0 Å². The molecule has 0 saturated carbocycles. The number of fused-ring (bicyclic) bond motifs is 1. The van der Waals surface area contributed by atoms with E-state index in [9.17, 15) is 0 Å². The number of hydrogen-bond acceptors (Lipinski definition) is 5. The van der Waals surface area contributed by atoms with Crippen LogP contribution in [0.3, 0.4) is 0 Å². The second kappa shape index (κ2) is 6.26. The third kappa shape index (κ3) is 2.93. The maximum absolute atomic E-state index is 5.67. The molecule has 112 valence electrons. The second-order valence-electron chi connectivity index (χ2n) is 5.58. The first kappa shape index (κ1) is 14.1. The van der Waals surface area contributed by atoms with Crippen LogP contribution in [0.15, 0.2) is 24.5 Å². The predicted octanol–water partition coefficient (Wildman–Crippen LogP) is 2.20. The van der Waals surface area contributed by atoms with Gasteiger partial charge in [-0.3, -0.25) is 0 Å². The number of methoxy groups -OCH3 is 1. The second-order valence-corrected chi connectivity index (χ2v) is 5.58. The van der Waals surface area contributed by atoms with Crippen molar-refractivity contribution < 1.29 is 4.74 Å². The molecule has 2 N–H and O–H groups in total. The van der Waals surface area contributed by atoms with E-state index >= 15 is 0 Å². The highest BCUT2D eigenvalue weighted by atomic mass is 16.5. The number of anilines is 1. The fraction of sp³-hybridized carbons (Fsp3) is 0.500. The molecule has 3 heterocycles. The Balaban J connectivity index is 1.87. The highest BCUT2D eigenvalue weighted by Crippen LogP contribution is 2.31. The summed E-state index contributed by atoms with van der Waals surface area (Å²) < 4.78 is 5.29. The summed E-state index contributed by atoms with van der Waals surface area (Å²) in [7, 11) is 1.66. The predicted molar refractivity (Wildman–Crippen MR) is 84.7 cm³/mol. The molecule has 0 aliphatic carbocycles. The number of piperidine rings is 1. The van der Waals surface area contributed by atoms with Crippen LogP contribution in [0.2, 0.25) is 0 Å². The fourth-order valence-electron chi connectivity index (χ4n) is 3.08. The van der Waals surface area contributed by atoms with Gasteiger partial charge in [0.1, 0.15) is 5.75 Å². The number of nitrogens with two attached hydrogens (primary N) is 1. The van der Waals surface area contributed by atoms with E-state index < -0.39 is 0 Å². The average Bonchev–Trinajstić information content (AvgIpc) is 2.55. The normalized spacial score (nSPS) is 16.4. The molecule has 21 heavy (non-hydrogen) atoms. The lowest BCUT2D eigenvalue weighted by molar-refractivity contribution is 0.386. The highest BCUT2D eigenvalue weighted by molar-refractivity contribution is 5.90. The van der Waals surface area contributed by atoms with Crippen molar-refractivity contribution in [2.45, 2.75) is 19.3 Å². The summed E-state index contributed by atoms with van der Waals surface area (Å²) in [5.74, 6) is 1.54. The molecule has 3 rings (SSSR count). The van der Waals surface area contributed by atoms with Crippen LogP contribution >= 0.6 is 0 Å². The van der Waals surface area contributed by atoms with Gasteiger partial charge in [-0.25, -0.2) is 9.97 Å². The van der Waals surface area contributed by atoms with Gasteiger partial charge in [-0.2, -0.15) is 0 Å². The zero-order valence-corrected chi connectivity index (χ0v) is 12.5. The van der Waals surface area contributed by atoms with Crippen molar-refractivity contribution >= 4 is 16.7 Å². The minimum atomic E-state index is 0.770. The van der Waals surface area contributed by atoms with Crippen LogP contribution in [-0.4, -0.2) is 36.7 Å². The van der Waals surface area contributed by atoms with Crippen LogP contribution in [0.1, 0.15) is 19.3 Å². The molecule has 0 radical (unpaired) electrons. The number of aromatic nitrogens is 2. The van der Waals surface area contributed by atoms with Crippen molar-refractivity contribution in [3.8, 4) is 5.75 Å². The van der Waals surface area contributed by atoms with Gasteiger partial charge in [0.05, 0.1) is 13.3 Å². The third-order valence-corrected chi connectivity index (χ3v) is 4.31. The van der Waals surface area contributed by atoms with E-state index in [1.54, 1.807) is 13.3 Å². The van der Waals surface area contributed by atoms with E-state index in [-0.39, 0.29) is 0 Å². The summed E-state index contributed by atoms with van der Waals surface area (Å²) in [5, 5.41) is 1.06. The minimum absolute atomic E-state index is 0.770. The van der Waals surface area contributed by atoms with E-state index in [2.05, 4.69) is 20.9 Å². The molecule has 0 atom stereocenters. The molecule has 2 aromatic heterocycles. The first-order valence-corrected chi connectivity index (χ1v) is 7.55. The molecule has 0 aromatic carbocycles. The Bertz CT molecular complexity index is 608. The van der Waals surface area contributed by atoms with Crippen molar-refractivity contribution in [2.75, 3.05) is 31.6 Å². The van der Waals surface area contributed by atoms with Crippen molar-refractivity contribution in [3.05, 3.63) is 24.5 Å². The number of nitrogens with zero attached hydrogens (tertiary/aromatic N) is 3. The van der Waals surface area contributed by atoms with Gasteiger partial charge in [0.15, 0.2) is 5.65 Å². The van der Waals surface area contributed by atoms with E-state index in [4.69, 9.17) is 10.5 Å². The molecule has 1 fully saturated rings. The van der Waals surface area contributed by atoms with Crippen molar-refractivity contribution in [1.29, 1.82) is 0 Å². The molecule has 0 unspecified atom stereocenters. The molecule has 1 saturated heterocycles. The smallest absolute Gasteiger partial charge is 0.161 e. The van der Waals surface area contributed by atoms with Crippen molar-refractivity contribution in [1.82, 2.24) is 9.97 Å². The number of rotatable bonds is 4. The molecule has 0 bridgehead atoms. The Kier molecular flexibility index (Phi) is 4.20. The average molecular weight is 286 g/mol. The molecule has 0 amide bonds. The molecular weight excluding hydrogens is 264 g/mol. The Labute approximate surface area is 125 Å². The maximum atomic E-state index is 5.67. The minimum Gasteiger partial charge on any atom is -0.495 e. The molecule has 5 heteroatoms. The summed E-state index contributed by atoms with van der Waals surface area (Å²) >= 11 is 0. The number of ether oxygens (including phenoxy) is 1. The molecule has 1 aliphatic heterocycles. The summed E-state index contributed by atoms with van der Waals surface area (Å²) in [6.45, 7) is 2.94. The largest absolute Gasteiger partial charge is 0.495 e. The van der Waals surface area contributed by atoms with Crippen LogP contribution in [0, 0.1) is 5.92 Å². The lowest BCUT2D eigenvalue weighted by Gasteiger charge is -2.34. The highest BCUT2D eigenvalue weighted by Gasteiger charge is 2.20. The summed E-state index contributed by atoms with van der Waals surface area (Å²) in [6, 6.07) is 4.10. The lowest BCUT2D eigenvalue weighted by Crippen LogP contribution is -2.34. The number of hydrogen-bond donors (Lipinski definition) is 1. The van der Waals surface area contributed by atoms with Crippen molar-refractivity contribution in [3.63, 3.8) is 0 Å². The van der Waals surface area contributed by atoms with Gasteiger partial charge in [-0.1, -0.05) is 0 Å². The fourth-order valence-corrected chi connectivity index (χ4v) is 3.08. The summed E-state index contributed by atoms with van der Waals surface area (Å²) in [4.78, 5) is 11.1. The van der Waals surface area contributed by atoms with Crippen LogP contribution in [-0.2, 0) is 0 Å². The van der Waals surface area contributed by atoms with Crippen LogP contribution in [0.4, 0.5) is 5.69 Å². The third-order valence-electron chi connectivity index (χ3n) is 4.31. The summed E-state index contributed by atoms with van der Waals surface area (Å²) in [5.41, 5.74) is 7.65. The van der Waals surface area contributed by atoms with Crippen LogP contribution in [0.5, 0.6) is 5.75 Å². The molecular formula is C16H22N4O. The van der Waals surface area contributed by atoms with Crippen molar-refractivity contribution in [2.24, 2.45) is 11.7 Å². The quantitative estimate of drug-likeness (QED) is 0.933. The molecule has 5 nitrogen and oxygen atoms in total. The topological polar surface area (TPSA) is 64.3 Å². The maximum Gasteiger partial charge on any atom is 0.161 e. The Morgan fingerprint density at radius 3 is 2.86 bits per heavy atom. The van der Waals surface area contributed by atoms with Gasteiger partial charge in [0.2, 0.25) is 0 Å². The van der Waals surface area contributed by atoms with Gasteiger partial charge in [-0.05, 0) is 43.9 Å². The number of pyridine rings is 2. The Hall–Kier alpha value is -1.88. The van der Waals surface area contributed by atoms with Gasteiger partial charge in [0.25, 0.3) is 0 Å². The van der Waals surface area contributed by atoms with Crippen LogP contribution < -0.4 is 15.4 Å². The van der Waals surface area contributed by atoms with Gasteiger partial charge < -0.3 is 15.4 Å². The molecule has 1 aliphatic rings. The zero-order chi connectivity index (χ0) is 14.7. The Morgan fingerprint density at radius 1 is 1.33 bits per heavy atom. The summed E-state index contributed by atoms with van der Waals surface area (Å²) in [6.07, 6.45) is 7.10. The Morgan fingerprint density at radius 2 is 2.14 bits per heavy atom. The van der Waals surface area contributed by atoms with E-state index in [1.165, 1.54) is 18.5 Å².